The Bertz CT molecular complexity index is 686. The van der Waals surface area contributed by atoms with Crippen molar-refractivity contribution in [3.8, 4) is 0 Å². The molecule has 0 saturated heterocycles. The van der Waals surface area contributed by atoms with Gasteiger partial charge in [0.05, 0.1) is 4.90 Å². The van der Waals surface area contributed by atoms with E-state index in [1.165, 1.54) is 0 Å². The number of sulfonamides is 1. The van der Waals surface area contributed by atoms with Gasteiger partial charge in [0.25, 0.3) is 10.0 Å². The summed E-state index contributed by atoms with van der Waals surface area (Å²) in [6.07, 6.45) is 2.11. The Morgan fingerprint density at radius 2 is 1.54 bits per heavy atom. The molecule has 1 N–H and O–H groups in total. The molecule has 2 rings (SSSR count). The van der Waals surface area contributed by atoms with Gasteiger partial charge >= 0.3 is 0 Å². The molecule has 0 amide bonds. The van der Waals surface area contributed by atoms with Crippen molar-refractivity contribution in [3.05, 3.63) is 29.8 Å². The van der Waals surface area contributed by atoms with Crippen LogP contribution in [0, 0.1) is 30.1 Å². The second kappa shape index (κ2) is 6.87. The van der Waals surface area contributed by atoms with Crippen molar-refractivity contribution in [2.45, 2.75) is 59.3 Å². The summed E-state index contributed by atoms with van der Waals surface area (Å²) in [7, 11) is -3.60. The van der Waals surface area contributed by atoms with Gasteiger partial charge in [-0.3, -0.25) is 0 Å². The predicted molar refractivity (Wildman–Crippen MR) is 99.4 cm³/mol. The first-order valence-corrected chi connectivity index (χ1v) is 10.1. The van der Waals surface area contributed by atoms with Crippen molar-refractivity contribution in [1.29, 1.82) is 0 Å². The molecule has 1 aromatic carbocycles. The quantitative estimate of drug-likeness (QED) is 0.824. The summed E-state index contributed by atoms with van der Waals surface area (Å²) < 4.78 is 24.8. The van der Waals surface area contributed by atoms with E-state index in [-0.39, 0.29) is 10.3 Å². The molecule has 0 bridgehead atoms. The molecule has 1 aliphatic carbocycles. The fraction of sp³-hybridized carbons (Fsp3) is 0.632. The van der Waals surface area contributed by atoms with Crippen LogP contribution < -0.4 is 4.83 Å². The zero-order valence-corrected chi connectivity index (χ0v) is 16.4. The number of nitrogens with zero attached hydrogens (tertiary/aromatic N) is 1. The smallest absolute Gasteiger partial charge is 0.200 e. The lowest BCUT2D eigenvalue weighted by Crippen LogP contribution is -2.37. The van der Waals surface area contributed by atoms with E-state index in [2.05, 4.69) is 44.6 Å². The minimum Gasteiger partial charge on any atom is -0.200 e. The van der Waals surface area contributed by atoms with Crippen LogP contribution in [0.2, 0.25) is 0 Å². The Morgan fingerprint density at radius 3 is 2.00 bits per heavy atom. The van der Waals surface area contributed by atoms with E-state index in [1.807, 2.05) is 6.92 Å². The molecule has 1 aliphatic rings. The van der Waals surface area contributed by atoms with Crippen LogP contribution in [0.4, 0.5) is 0 Å². The average Bonchev–Trinajstić information content (AvgIpc) is 2.45. The number of hydrogen-bond acceptors (Lipinski definition) is 3. The molecule has 0 unspecified atom stereocenters. The average molecular weight is 351 g/mol. The minimum atomic E-state index is -3.60. The highest BCUT2D eigenvalue weighted by Crippen LogP contribution is 2.41. The van der Waals surface area contributed by atoms with Gasteiger partial charge in [0.1, 0.15) is 0 Å². The first-order valence-electron chi connectivity index (χ1n) is 8.66. The SMILES string of the molecule is Cc1ccc(S(=O)(=O)NN=C2[C@H](C)CC(C(C)(C)C)C[C@H]2C)cc1. The summed E-state index contributed by atoms with van der Waals surface area (Å²) in [6, 6.07) is 6.81. The van der Waals surface area contributed by atoms with Crippen LogP contribution in [0.3, 0.4) is 0 Å². The van der Waals surface area contributed by atoms with Gasteiger partial charge in [-0.15, -0.1) is 0 Å². The molecule has 1 fully saturated rings. The van der Waals surface area contributed by atoms with Crippen LogP contribution in [0.15, 0.2) is 34.3 Å². The molecular formula is C19H30N2O2S. The van der Waals surface area contributed by atoms with Crippen molar-refractivity contribution in [3.63, 3.8) is 0 Å². The third-order valence-corrected chi connectivity index (χ3v) is 6.36. The van der Waals surface area contributed by atoms with E-state index in [1.54, 1.807) is 24.3 Å². The highest BCUT2D eigenvalue weighted by atomic mass is 32.2. The van der Waals surface area contributed by atoms with Crippen LogP contribution in [-0.4, -0.2) is 14.1 Å². The van der Waals surface area contributed by atoms with Crippen LogP contribution in [-0.2, 0) is 10.0 Å². The fourth-order valence-electron chi connectivity index (χ4n) is 3.49. The summed E-state index contributed by atoms with van der Waals surface area (Å²) in [5.74, 6) is 1.22. The Balaban J connectivity index is 2.15. The van der Waals surface area contributed by atoms with Gasteiger partial charge in [-0.05, 0) is 55.1 Å². The maximum absolute atomic E-state index is 12.4. The number of hydrogen-bond donors (Lipinski definition) is 1. The molecule has 0 aromatic heterocycles. The molecular weight excluding hydrogens is 320 g/mol. The maximum Gasteiger partial charge on any atom is 0.276 e. The van der Waals surface area contributed by atoms with Crippen molar-refractivity contribution < 1.29 is 8.42 Å². The highest BCUT2D eigenvalue weighted by Gasteiger charge is 2.36. The lowest BCUT2D eigenvalue weighted by Gasteiger charge is -2.40. The first-order chi connectivity index (χ1) is 11.0. The van der Waals surface area contributed by atoms with Gasteiger partial charge in [0.2, 0.25) is 0 Å². The van der Waals surface area contributed by atoms with E-state index >= 15 is 0 Å². The Labute approximate surface area is 146 Å². The number of benzene rings is 1. The Kier molecular flexibility index (Phi) is 5.43. The monoisotopic (exact) mass is 350 g/mol. The first kappa shape index (κ1) is 19.0. The summed E-state index contributed by atoms with van der Waals surface area (Å²) in [5.41, 5.74) is 2.27. The van der Waals surface area contributed by atoms with Crippen LogP contribution in [0.5, 0.6) is 0 Å². The third kappa shape index (κ3) is 4.38. The van der Waals surface area contributed by atoms with Crippen LogP contribution in [0.1, 0.15) is 53.0 Å². The van der Waals surface area contributed by atoms with Crippen LogP contribution in [0.25, 0.3) is 0 Å². The molecule has 1 aromatic rings. The molecule has 134 valence electrons. The van der Waals surface area contributed by atoms with Crippen molar-refractivity contribution >= 4 is 15.7 Å². The Hall–Kier alpha value is -1.36. The van der Waals surface area contributed by atoms with Gasteiger partial charge in [0.15, 0.2) is 0 Å². The molecule has 1 saturated carbocycles. The van der Waals surface area contributed by atoms with Gasteiger partial charge in [0, 0.05) is 5.71 Å². The second-order valence-electron chi connectivity index (χ2n) is 8.28. The summed E-state index contributed by atoms with van der Waals surface area (Å²) in [6.45, 7) is 13.1. The lowest BCUT2D eigenvalue weighted by atomic mass is 9.66. The lowest BCUT2D eigenvalue weighted by molar-refractivity contribution is 0.172. The fourth-order valence-corrected chi connectivity index (χ4v) is 4.31. The van der Waals surface area contributed by atoms with Gasteiger partial charge in [-0.25, -0.2) is 4.83 Å². The Morgan fingerprint density at radius 1 is 1.04 bits per heavy atom. The molecule has 0 spiro atoms. The molecule has 5 heteroatoms. The number of nitrogens with one attached hydrogen (secondary N) is 1. The summed E-state index contributed by atoms with van der Waals surface area (Å²) in [4.78, 5) is 2.69. The van der Waals surface area contributed by atoms with E-state index in [9.17, 15) is 8.42 Å². The number of hydrazone groups is 1. The van der Waals surface area contributed by atoms with Crippen molar-refractivity contribution in [2.75, 3.05) is 0 Å². The molecule has 0 aliphatic heterocycles. The molecule has 4 nitrogen and oxygen atoms in total. The minimum absolute atomic E-state index is 0.251. The van der Waals surface area contributed by atoms with Gasteiger partial charge < -0.3 is 0 Å². The largest absolute Gasteiger partial charge is 0.276 e. The number of aryl methyl sites for hydroxylation is 1. The van der Waals surface area contributed by atoms with E-state index in [0.717, 1.165) is 24.1 Å². The zero-order valence-electron chi connectivity index (χ0n) is 15.6. The van der Waals surface area contributed by atoms with Gasteiger partial charge in [-0.1, -0.05) is 52.3 Å². The van der Waals surface area contributed by atoms with E-state index in [0.29, 0.717) is 17.8 Å². The predicted octanol–water partition coefficient (Wildman–Crippen LogP) is 4.36. The van der Waals surface area contributed by atoms with Gasteiger partial charge in [-0.2, -0.15) is 13.5 Å². The number of rotatable bonds is 3. The normalized spacial score (nSPS) is 25.4. The van der Waals surface area contributed by atoms with E-state index < -0.39 is 10.0 Å². The van der Waals surface area contributed by atoms with Crippen molar-refractivity contribution in [1.82, 2.24) is 4.83 Å². The van der Waals surface area contributed by atoms with E-state index in [4.69, 9.17) is 0 Å². The van der Waals surface area contributed by atoms with Crippen molar-refractivity contribution in [2.24, 2.45) is 28.3 Å². The standard InChI is InChI=1S/C19H30N2O2S/c1-13-7-9-17(10-8-13)24(22,23)21-20-18-14(2)11-16(12-15(18)3)19(4,5)6/h7-10,14-16,21H,11-12H2,1-6H3/t14-,15-,16?/m1/s1. The summed E-state index contributed by atoms with van der Waals surface area (Å²) >= 11 is 0. The summed E-state index contributed by atoms with van der Waals surface area (Å²) in [5, 5.41) is 4.31. The molecule has 0 radical (unpaired) electrons. The zero-order chi connectivity index (χ0) is 18.1. The maximum atomic E-state index is 12.4. The molecule has 24 heavy (non-hydrogen) atoms. The third-order valence-electron chi connectivity index (χ3n) is 5.14. The topological polar surface area (TPSA) is 58.5 Å². The van der Waals surface area contributed by atoms with Crippen LogP contribution >= 0.6 is 0 Å². The molecule has 0 heterocycles. The second-order valence-corrected chi connectivity index (χ2v) is 9.94. The highest BCUT2D eigenvalue weighted by molar-refractivity contribution is 7.89. The molecule has 2 atom stereocenters.